The van der Waals surface area contributed by atoms with E-state index in [1.165, 1.54) is 0 Å². The van der Waals surface area contributed by atoms with Crippen LogP contribution in [0.5, 0.6) is 0 Å². The largest absolute Gasteiger partial charge is 0.365 e. The van der Waals surface area contributed by atoms with E-state index in [2.05, 4.69) is 27.4 Å². The summed E-state index contributed by atoms with van der Waals surface area (Å²) in [7, 11) is 0. The third-order valence-electron chi connectivity index (χ3n) is 2.50. The molecule has 1 amide bonds. The van der Waals surface area contributed by atoms with Crippen molar-refractivity contribution in [1.29, 1.82) is 0 Å². The van der Waals surface area contributed by atoms with Crippen LogP contribution in [0.1, 0.15) is 10.5 Å². The number of rotatable bonds is 5. The molecule has 0 aliphatic carbocycles. The smallest absolute Gasteiger partial charge is 0.276 e. The minimum atomic E-state index is -0.379. The molecule has 21 heavy (non-hydrogen) atoms. The van der Waals surface area contributed by atoms with E-state index in [1.807, 2.05) is 0 Å². The molecule has 0 saturated carbocycles. The van der Waals surface area contributed by atoms with Gasteiger partial charge in [0.25, 0.3) is 5.91 Å². The number of hydrogen-bond acceptors (Lipinski definition) is 4. The molecule has 5 nitrogen and oxygen atoms in total. The van der Waals surface area contributed by atoms with Gasteiger partial charge in [-0.05, 0) is 30.3 Å². The zero-order chi connectivity index (χ0) is 15.2. The first-order chi connectivity index (χ1) is 10.1. The lowest BCUT2D eigenvalue weighted by atomic mass is 10.3. The van der Waals surface area contributed by atoms with Crippen LogP contribution in [0, 0.1) is 0 Å². The lowest BCUT2D eigenvalue weighted by Crippen LogP contribution is -2.15. The van der Waals surface area contributed by atoms with Gasteiger partial charge in [0, 0.05) is 12.2 Å². The number of halogens is 2. The molecule has 0 saturated heterocycles. The van der Waals surface area contributed by atoms with Gasteiger partial charge in [0.15, 0.2) is 5.69 Å². The fourth-order valence-electron chi connectivity index (χ4n) is 1.49. The molecule has 0 aliphatic rings. The number of amides is 1. The summed E-state index contributed by atoms with van der Waals surface area (Å²) in [5.41, 5.74) is 0.732. The van der Waals surface area contributed by atoms with Crippen LogP contribution in [0.15, 0.2) is 43.0 Å². The van der Waals surface area contributed by atoms with Crippen LogP contribution in [0.4, 0.5) is 11.5 Å². The third-order valence-corrected chi connectivity index (χ3v) is 3.24. The predicted octanol–water partition coefficient (Wildman–Crippen LogP) is 3.63. The molecule has 0 radical (unpaired) electrons. The number of carbonyl (C=O) groups is 1. The minimum absolute atomic E-state index is 0.199. The van der Waals surface area contributed by atoms with Crippen molar-refractivity contribution in [1.82, 2.24) is 10.2 Å². The van der Waals surface area contributed by atoms with Gasteiger partial charge in [0.05, 0.1) is 10.0 Å². The number of nitrogens with one attached hydrogen (secondary N) is 2. The molecule has 2 aromatic rings. The average molecular weight is 323 g/mol. The van der Waals surface area contributed by atoms with Gasteiger partial charge in [0.2, 0.25) is 0 Å². The van der Waals surface area contributed by atoms with Gasteiger partial charge in [-0.1, -0.05) is 29.3 Å². The summed E-state index contributed by atoms with van der Waals surface area (Å²) in [6.07, 6.45) is 1.70. The van der Waals surface area contributed by atoms with Crippen LogP contribution in [-0.4, -0.2) is 22.6 Å². The maximum Gasteiger partial charge on any atom is 0.276 e. The highest BCUT2D eigenvalue weighted by molar-refractivity contribution is 6.42. The zero-order valence-corrected chi connectivity index (χ0v) is 12.4. The van der Waals surface area contributed by atoms with Crippen LogP contribution >= 0.6 is 23.2 Å². The summed E-state index contributed by atoms with van der Waals surface area (Å²) >= 11 is 11.7. The third kappa shape index (κ3) is 4.18. The van der Waals surface area contributed by atoms with E-state index in [-0.39, 0.29) is 11.6 Å². The van der Waals surface area contributed by atoms with Gasteiger partial charge >= 0.3 is 0 Å². The minimum Gasteiger partial charge on any atom is -0.365 e. The molecule has 1 aromatic carbocycles. The standard InChI is InChI=1S/C14H12Cl2N4O/c1-2-7-17-13-6-5-12(19-20-13)14(21)18-9-3-4-10(15)11(16)8-9/h2-6,8H,1,7H2,(H,17,20)(H,18,21). The molecular formula is C14H12Cl2N4O. The summed E-state index contributed by atoms with van der Waals surface area (Å²) in [4.78, 5) is 12.0. The lowest BCUT2D eigenvalue weighted by molar-refractivity contribution is 0.102. The van der Waals surface area contributed by atoms with Crippen LogP contribution in [0.3, 0.4) is 0 Å². The number of carbonyl (C=O) groups excluding carboxylic acids is 1. The summed E-state index contributed by atoms with van der Waals surface area (Å²) in [5, 5.41) is 14.2. The Hall–Kier alpha value is -2.11. The van der Waals surface area contributed by atoms with Crippen molar-refractivity contribution in [3.05, 3.63) is 58.7 Å². The summed E-state index contributed by atoms with van der Waals surface area (Å²) in [6, 6.07) is 8.06. The summed E-state index contributed by atoms with van der Waals surface area (Å²) in [5.74, 6) is 0.192. The molecule has 0 spiro atoms. The number of aromatic nitrogens is 2. The van der Waals surface area contributed by atoms with Gasteiger partial charge in [0.1, 0.15) is 5.82 Å². The normalized spacial score (nSPS) is 10.0. The number of benzene rings is 1. The molecule has 0 fully saturated rings. The second-order valence-corrected chi connectivity index (χ2v) is 4.87. The van der Waals surface area contributed by atoms with Crippen LogP contribution < -0.4 is 10.6 Å². The molecule has 0 unspecified atom stereocenters. The number of hydrogen-bond donors (Lipinski definition) is 2. The van der Waals surface area contributed by atoms with E-state index in [4.69, 9.17) is 23.2 Å². The maximum absolute atomic E-state index is 12.0. The van der Waals surface area contributed by atoms with Crippen molar-refractivity contribution in [2.24, 2.45) is 0 Å². The second-order valence-electron chi connectivity index (χ2n) is 4.06. The van der Waals surface area contributed by atoms with Crippen molar-refractivity contribution in [2.75, 3.05) is 17.2 Å². The Morgan fingerprint density at radius 3 is 2.62 bits per heavy atom. The quantitative estimate of drug-likeness (QED) is 0.825. The highest BCUT2D eigenvalue weighted by Gasteiger charge is 2.09. The topological polar surface area (TPSA) is 66.9 Å². The van der Waals surface area contributed by atoms with Crippen molar-refractivity contribution >= 4 is 40.6 Å². The Morgan fingerprint density at radius 1 is 1.19 bits per heavy atom. The Bertz CT molecular complexity index is 659. The Morgan fingerprint density at radius 2 is 2.00 bits per heavy atom. The van der Waals surface area contributed by atoms with E-state index >= 15 is 0 Å². The van der Waals surface area contributed by atoms with Gasteiger partial charge < -0.3 is 10.6 Å². The van der Waals surface area contributed by atoms with Crippen molar-refractivity contribution in [3.63, 3.8) is 0 Å². The second kappa shape index (κ2) is 7.06. The fraction of sp³-hybridized carbons (Fsp3) is 0.0714. The fourth-order valence-corrected chi connectivity index (χ4v) is 1.79. The monoisotopic (exact) mass is 322 g/mol. The Labute approximate surface area is 132 Å². The first-order valence-electron chi connectivity index (χ1n) is 6.05. The Kier molecular flexibility index (Phi) is 5.14. The SMILES string of the molecule is C=CCNc1ccc(C(=O)Nc2ccc(Cl)c(Cl)c2)nn1. The Balaban J connectivity index is 2.05. The van der Waals surface area contributed by atoms with Gasteiger partial charge in [-0.25, -0.2) is 0 Å². The van der Waals surface area contributed by atoms with Crippen LogP contribution in [-0.2, 0) is 0 Å². The van der Waals surface area contributed by atoms with Gasteiger partial charge in [-0.3, -0.25) is 4.79 Å². The van der Waals surface area contributed by atoms with E-state index in [9.17, 15) is 4.79 Å². The van der Waals surface area contributed by atoms with Crippen molar-refractivity contribution in [2.45, 2.75) is 0 Å². The summed E-state index contributed by atoms with van der Waals surface area (Å²) in [6.45, 7) is 4.16. The van der Waals surface area contributed by atoms with E-state index in [0.717, 1.165) is 0 Å². The van der Waals surface area contributed by atoms with Gasteiger partial charge in [-0.15, -0.1) is 16.8 Å². The van der Waals surface area contributed by atoms with E-state index in [1.54, 1.807) is 36.4 Å². The van der Waals surface area contributed by atoms with Crippen LogP contribution in [0.2, 0.25) is 10.0 Å². The number of nitrogens with zero attached hydrogens (tertiary/aromatic N) is 2. The molecule has 0 aliphatic heterocycles. The molecule has 0 atom stereocenters. The first-order valence-corrected chi connectivity index (χ1v) is 6.80. The first kappa shape index (κ1) is 15.3. The van der Waals surface area contributed by atoms with Gasteiger partial charge in [-0.2, -0.15) is 0 Å². The molecule has 7 heteroatoms. The molecule has 1 aromatic heterocycles. The van der Waals surface area contributed by atoms with E-state index in [0.29, 0.717) is 28.1 Å². The van der Waals surface area contributed by atoms with Crippen molar-refractivity contribution < 1.29 is 4.79 Å². The van der Waals surface area contributed by atoms with E-state index < -0.39 is 0 Å². The lowest BCUT2D eigenvalue weighted by Gasteiger charge is -2.06. The van der Waals surface area contributed by atoms with Crippen molar-refractivity contribution in [3.8, 4) is 0 Å². The average Bonchev–Trinajstić information content (AvgIpc) is 2.49. The highest BCUT2D eigenvalue weighted by Crippen LogP contribution is 2.25. The molecule has 108 valence electrons. The summed E-state index contributed by atoms with van der Waals surface area (Å²) < 4.78 is 0. The molecule has 2 rings (SSSR count). The highest BCUT2D eigenvalue weighted by atomic mass is 35.5. The molecule has 1 heterocycles. The van der Waals surface area contributed by atoms with Crippen LogP contribution in [0.25, 0.3) is 0 Å². The molecule has 2 N–H and O–H groups in total. The molecule has 0 bridgehead atoms. The maximum atomic E-state index is 12.0. The zero-order valence-electron chi connectivity index (χ0n) is 10.9. The predicted molar refractivity (Wildman–Crippen MR) is 85.1 cm³/mol. The molecular weight excluding hydrogens is 311 g/mol. The number of anilines is 2.